The fourth-order valence-corrected chi connectivity index (χ4v) is 4.37. The third-order valence-corrected chi connectivity index (χ3v) is 5.57. The Labute approximate surface area is 121 Å². The van der Waals surface area contributed by atoms with E-state index in [0.29, 0.717) is 0 Å². The summed E-state index contributed by atoms with van der Waals surface area (Å²) in [4.78, 5) is 2.21. The van der Waals surface area contributed by atoms with Gasteiger partial charge in [0, 0.05) is 12.1 Å². The quantitative estimate of drug-likeness (QED) is 0.841. The normalized spacial score (nSPS) is 18.9. The third-order valence-electron chi connectivity index (χ3n) is 3.19. The Kier molecular flexibility index (Phi) is 4.67. The molecule has 2 rings (SSSR count). The minimum atomic E-state index is -3.62. The highest BCUT2D eigenvalue weighted by Gasteiger charge is 2.27. The van der Waals surface area contributed by atoms with Crippen LogP contribution in [0.25, 0.3) is 0 Å². The molecular formula is C11H17BrN2O4S. The predicted molar refractivity (Wildman–Crippen MR) is 73.2 cm³/mol. The Balaban J connectivity index is 2.11. The number of likely N-dealkylation sites (tertiary alicyclic amines) is 1. The zero-order valence-electron chi connectivity index (χ0n) is 10.6. The first-order chi connectivity index (χ1) is 8.92. The maximum absolute atomic E-state index is 12.2. The first-order valence-corrected chi connectivity index (χ1v) is 8.30. The third kappa shape index (κ3) is 3.57. The van der Waals surface area contributed by atoms with Crippen LogP contribution in [-0.4, -0.2) is 44.6 Å². The molecule has 0 amide bonds. The van der Waals surface area contributed by atoms with Crippen molar-refractivity contribution in [3.8, 4) is 0 Å². The molecule has 1 aliphatic heterocycles. The Hall–Kier alpha value is -0.410. The summed E-state index contributed by atoms with van der Waals surface area (Å²) >= 11 is 3.06. The minimum absolute atomic E-state index is 0.0375. The topological polar surface area (TPSA) is 82.8 Å². The lowest BCUT2D eigenvalue weighted by Gasteiger charge is -2.29. The molecule has 19 heavy (non-hydrogen) atoms. The molecule has 0 unspecified atom stereocenters. The summed E-state index contributed by atoms with van der Waals surface area (Å²) in [6.45, 7) is 1.42. The molecule has 1 fully saturated rings. The van der Waals surface area contributed by atoms with Crippen LogP contribution in [0, 0.1) is 0 Å². The molecule has 2 N–H and O–H groups in total. The molecule has 1 saturated heterocycles. The average molecular weight is 353 g/mol. The second kappa shape index (κ2) is 5.92. The van der Waals surface area contributed by atoms with E-state index < -0.39 is 10.0 Å². The number of rotatable bonds is 4. The van der Waals surface area contributed by atoms with Crippen LogP contribution in [0.2, 0.25) is 0 Å². The van der Waals surface area contributed by atoms with E-state index in [4.69, 9.17) is 9.52 Å². The Morgan fingerprint density at radius 3 is 2.68 bits per heavy atom. The summed E-state index contributed by atoms with van der Waals surface area (Å²) in [5.41, 5.74) is 0. The molecule has 2 heterocycles. The van der Waals surface area contributed by atoms with Crippen molar-refractivity contribution in [2.45, 2.75) is 30.4 Å². The molecule has 0 atom stereocenters. The second-order valence-electron chi connectivity index (χ2n) is 4.71. The number of furan rings is 1. The first-order valence-electron chi connectivity index (χ1n) is 6.02. The fourth-order valence-electron chi connectivity index (χ4n) is 2.07. The van der Waals surface area contributed by atoms with Gasteiger partial charge in [0.05, 0.1) is 0 Å². The van der Waals surface area contributed by atoms with Gasteiger partial charge in [0.2, 0.25) is 10.0 Å². The van der Waals surface area contributed by atoms with Crippen LogP contribution in [0.15, 0.2) is 20.0 Å². The molecule has 0 spiro atoms. The molecule has 108 valence electrons. The van der Waals surface area contributed by atoms with Crippen molar-refractivity contribution in [2.24, 2.45) is 0 Å². The van der Waals surface area contributed by atoms with Crippen molar-refractivity contribution in [3.05, 3.63) is 16.5 Å². The number of aliphatic hydroxyl groups is 1. The largest absolute Gasteiger partial charge is 0.450 e. The van der Waals surface area contributed by atoms with Crippen LogP contribution in [0.1, 0.15) is 18.6 Å². The highest BCUT2D eigenvalue weighted by atomic mass is 79.9. The van der Waals surface area contributed by atoms with Gasteiger partial charge in [-0.2, -0.15) is 0 Å². The number of nitrogens with one attached hydrogen (secondary N) is 1. The monoisotopic (exact) mass is 352 g/mol. The molecule has 1 aliphatic rings. The van der Waals surface area contributed by atoms with Gasteiger partial charge in [-0.15, -0.1) is 0 Å². The van der Waals surface area contributed by atoms with Gasteiger partial charge >= 0.3 is 0 Å². The molecule has 0 bridgehead atoms. The average Bonchev–Trinajstić information content (AvgIpc) is 2.74. The molecule has 0 saturated carbocycles. The summed E-state index contributed by atoms with van der Waals surface area (Å²) in [7, 11) is -1.60. The maximum Gasteiger partial charge on any atom is 0.245 e. The van der Waals surface area contributed by atoms with E-state index in [2.05, 4.69) is 25.6 Å². The molecule has 0 aromatic carbocycles. The van der Waals surface area contributed by atoms with Gasteiger partial charge < -0.3 is 14.4 Å². The SMILES string of the molecule is CN1CCC(NS(=O)(=O)c2cc(CO)oc2Br)CC1. The van der Waals surface area contributed by atoms with E-state index >= 15 is 0 Å². The van der Waals surface area contributed by atoms with Crippen LogP contribution in [0.5, 0.6) is 0 Å². The minimum Gasteiger partial charge on any atom is -0.450 e. The van der Waals surface area contributed by atoms with Gasteiger partial charge in [0.25, 0.3) is 0 Å². The lowest BCUT2D eigenvalue weighted by Crippen LogP contribution is -2.43. The highest BCUT2D eigenvalue weighted by molar-refractivity contribution is 9.10. The van der Waals surface area contributed by atoms with Gasteiger partial charge in [0.15, 0.2) is 4.67 Å². The lowest BCUT2D eigenvalue weighted by atomic mass is 10.1. The Morgan fingerprint density at radius 1 is 1.53 bits per heavy atom. The molecule has 8 heteroatoms. The number of sulfonamides is 1. The van der Waals surface area contributed by atoms with Crippen molar-refractivity contribution < 1.29 is 17.9 Å². The number of nitrogens with zero attached hydrogens (tertiary/aromatic N) is 1. The van der Waals surface area contributed by atoms with Crippen molar-refractivity contribution in [2.75, 3.05) is 20.1 Å². The van der Waals surface area contributed by atoms with Gasteiger partial charge in [-0.1, -0.05) is 0 Å². The number of aliphatic hydroxyl groups excluding tert-OH is 1. The van der Waals surface area contributed by atoms with Crippen molar-refractivity contribution in [1.82, 2.24) is 9.62 Å². The van der Waals surface area contributed by atoms with E-state index in [-0.39, 0.29) is 28.0 Å². The first kappa shape index (κ1) is 15.0. The van der Waals surface area contributed by atoms with Gasteiger partial charge in [-0.3, -0.25) is 0 Å². The van der Waals surface area contributed by atoms with Crippen LogP contribution in [0.4, 0.5) is 0 Å². The summed E-state index contributed by atoms with van der Waals surface area (Å²) in [6.07, 6.45) is 1.58. The van der Waals surface area contributed by atoms with E-state index in [1.54, 1.807) is 0 Å². The molecule has 6 nitrogen and oxygen atoms in total. The predicted octanol–water partition coefficient (Wildman–Crippen LogP) is 0.907. The van der Waals surface area contributed by atoms with Gasteiger partial charge in [-0.25, -0.2) is 13.1 Å². The van der Waals surface area contributed by atoms with Crippen LogP contribution >= 0.6 is 15.9 Å². The van der Waals surface area contributed by atoms with Crippen molar-refractivity contribution >= 4 is 26.0 Å². The number of hydrogen-bond donors (Lipinski definition) is 2. The van der Waals surface area contributed by atoms with E-state index in [0.717, 1.165) is 25.9 Å². The summed E-state index contributed by atoms with van der Waals surface area (Å²) in [5, 5.41) is 8.96. The lowest BCUT2D eigenvalue weighted by molar-refractivity contribution is 0.244. The zero-order valence-corrected chi connectivity index (χ0v) is 13.0. The molecular weight excluding hydrogens is 336 g/mol. The molecule has 1 aromatic rings. The Bertz CT molecular complexity index is 535. The van der Waals surface area contributed by atoms with Crippen molar-refractivity contribution in [1.29, 1.82) is 0 Å². The van der Waals surface area contributed by atoms with E-state index in [9.17, 15) is 8.42 Å². The van der Waals surface area contributed by atoms with Crippen LogP contribution < -0.4 is 4.72 Å². The van der Waals surface area contributed by atoms with E-state index in [1.165, 1.54) is 6.07 Å². The molecule has 0 aliphatic carbocycles. The summed E-state index contributed by atoms with van der Waals surface area (Å²) < 4.78 is 32.4. The van der Waals surface area contributed by atoms with Gasteiger partial charge in [0.1, 0.15) is 17.3 Å². The molecule has 1 aromatic heterocycles. The Morgan fingerprint density at radius 2 is 2.16 bits per heavy atom. The van der Waals surface area contributed by atoms with Crippen LogP contribution in [0.3, 0.4) is 0 Å². The molecule has 0 radical (unpaired) electrons. The fraction of sp³-hybridized carbons (Fsp3) is 0.636. The van der Waals surface area contributed by atoms with Crippen LogP contribution in [-0.2, 0) is 16.6 Å². The maximum atomic E-state index is 12.2. The highest BCUT2D eigenvalue weighted by Crippen LogP contribution is 2.26. The van der Waals surface area contributed by atoms with E-state index in [1.807, 2.05) is 7.05 Å². The number of hydrogen-bond acceptors (Lipinski definition) is 5. The smallest absolute Gasteiger partial charge is 0.245 e. The standard InChI is InChI=1S/C11H17BrN2O4S/c1-14-4-2-8(3-5-14)13-19(16,17)10-6-9(7-15)18-11(10)12/h6,8,13,15H,2-5,7H2,1H3. The zero-order chi connectivity index (χ0) is 14.0. The summed E-state index contributed by atoms with van der Waals surface area (Å²) in [5.74, 6) is 0.218. The number of halogens is 1. The van der Waals surface area contributed by atoms with Gasteiger partial charge in [-0.05, 0) is 48.9 Å². The van der Waals surface area contributed by atoms with Crippen molar-refractivity contribution in [3.63, 3.8) is 0 Å². The number of piperidine rings is 1. The summed E-state index contributed by atoms with van der Waals surface area (Å²) in [6, 6.07) is 1.28. The second-order valence-corrected chi connectivity index (χ2v) is 7.11.